The van der Waals surface area contributed by atoms with Crippen molar-refractivity contribution in [3.8, 4) is 0 Å². The third-order valence-electron chi connectivity index (χ3n) is 3.03. The van der Waals surface area contributed by atoms with Crippen LogP contribution in [0.25, 0.3) is 0 Å². The molecule has 0 bridgehead atoms. The largest absolute Gasteiger partial charge is 0.445 e. The molecule has 5 nitrogen and oxygen atoms in total. The molecule has 3 N–H and O–H groups in total. The molecular formula is C13H18N2O3. The van der Waals surface area contributed by atoms with Crippen molar-refractivity contribution < 1.29 is 14.6 Å². The lowest BCUT2D eigenvalue weighted by atomic mass is 10.1. The Hall–Kier alpha value is -1.59. The van der Waals surface area contributed by atoms with E-state index in [-0.39, 0.29) is 18.6 Å². The maximum absolute atomic E-state index is 11.4. The highest BCUT2D eigenvalue weighted by Gasteiger charge is 2.25. The van der Waals surface area contributed by atoms with Gasteiger partial charge in [0.2, 0.25) is 0 Å². The van der Waals surface area contributed by atoms with Crippen LogP contribution in [0.2, 0.25) is 0 Å². The minimum Gasteiger partial charge on any atom is -0.445 e. The van der Waals surface area contributed by atoms with Crippen LogP contribution in [-0.2, 0) is 11.3 Å². The predicted octanol–water partition coefficient (Wildman–Crippen LogP) is 0.493. The Bertz CT molecular complexity index is 383. The van der Waals surface area contributed by atoms with Crippen molar-refractivity contribution in [2.75, 3.05) is 19.6 Å². The Labute approximate surface area is 106 Å². The zero-order valence-electron chi connectivity index (χ0n) is 10.1. The highest BCUT2D eigenvalue weighted by atomic mass is 16.5. The Kier molecular flexibility index (Phi) is 4.55. The summed E-state index contributed by atoms with van der Waals surface area (Å²) in [7, 11) is 0. The van der Waals surface area contributed by atoms with E-state index >= 15 is 0 Å². The van der Waals surface area contributed by atoms with Crippen molar-refractivity contribution in [2.24, 2.45) is 5.92 Å². The van der Waals surface area contributed by atoms with E-state index in [1.54, 1.807) is 0 Å². The summed E-state index contributed by atoms with van der Waals surface area (Å²) in [5.41, 5.74) is 0.954. The second-order valence-electron chi connectivity index (χ2n) is 4.43. The molecule has 1 aliphatic heterocycles. The number of hydrogen-bond donors (Lipinski definition) is 3. The average molecular weight is 250 g/mol. The van der Waals surface area contributed by atoms with Crippen molar-refractivity contribution >= 4 is 6.09 Å². The van der Waals surface area contributed by atoms with Crippen LogP contribution in [0.3, 0.4) is 0 Å². The fourth-order valence-electron chi connectivity index (χ4n) is 1.92. The molecule has 1 heterocycles. The third kappa shape index (κ3) is 3.72. The number of benzene rings is 1. The standard InChI is InChI=1S/C13H18N2O3/c16-12-8-14-6-11(12)7-15-13(17)18-9-10-4-2-1-3-5-10/h1-5,11-12,14,16H,6-9H2,(H,15,17)/t11-,12+/m1/s1. The fraction of sp³-hybridized carbons (Fsp3) is 0.462. The van der Waals surface area contributed by atoms with Gasteiger partial charge < -0.3 is 20.5 Å². The molecule has 0 saturated carbocycles. The predicted molar refractivity (Wildman–Crippen MR) is 67.0 cm³/mol. The first-order valence-electron chi connectivity index (χ1n) is 6.09. The number of carbonyl (C=O) groups is 1. The number of amides is 1. The van der Waals surface area contributed by atoms with Crippen LogP contribution in [0.5, 0.6) is 0 Å². The molecule has 1 aromatic carbocycles. The summed E-state index contributed by atoms with van der Waals surface area (Å²) in [5.74, 6) is 0.0641. The molecule has 2 atom stereocenters. The van der Waals surface area contributed by atoms with Crippen LogP contribution >= 0.6 is 0 Å². The van der Waals surface area contributed by atoms with Crippen LogP contribution in [0.4, 0.5) is 4.79 Å². The van der Waals surface area contributed by atoms with Gasteiger partial charge in [0, 0.05) is 25.6 Å². The molecule has 18 heavy (non-hydrogen) atoms. The van der Waals surface area contributed by atoms with Gasteiger partial charge in [-0.1, -0.05) is 30.3 Å². The number of aliphatic hydroxyl groups is 1. The van der Waals surface area contributed by atoms with Crippen molar-refractivity contribution in [1.29, 1.82) is 0 Å². The zero-order chi connectivity index (χ0) is 12.8. The minimum absolute atomic E-state index is 0.0641. The highest BCUT2D eigenvalue weighted by molar-refractivity contribution is 5.67. The quantitative estimate of drug-likeness (QED) is 0.727. The van der Waals surface area contributed by atoms with Crippen LogP contribution in [0, 0.1) is 5.92 Å². The molecule has 1 aromatic rings. The van der Waals surface area contributed by atoms with Gasteiger partial charge in [-0.25, -0.2) is 4.79 Å². The summed E-state index contributed by atoms with van der Waals surface area (Å²) in [6.07, 6.45) is -0.836. The molecule has 0 aromatic heterocycles. The monoisotopic (exact) mass is 250 g/mol. The average Bonchev–Trinajstić information content (AvgIpc) is 2.81. The normalized spacial score (nSPS) is 22.7. The summed E-state index contributed by atoms with van der Waals surface area (Å²) in [6.45, 7) is 2.01. The Morgan fingerprint density at radius 2 is 2.17 bits per heavy atom. The second-order valence-corrected chi connectivity index (χ2v) is 4.43. The summed E-state index contributed by atoms with van der Waals surface area (Å²) in [4.78, 5) is 11.4. The first kappa shape index (κ1) is 12.9. The van der Waals surface area contributed by atoms with Gasteiger partial charge in [-0.3, -0.25) is 0 Å². The van der Waals surface area contributed by atoms with Gasteiger partial charge in [-0.15, -0.1) is 0 Å². The second kappa shape index (κ2) is 6.37. The maximum atomic E-state index is 11.4. The molecule has 0 unspecified atom stereocenters. The molecule has 1 aliphatic rings. The highest BCUT2D eigenvalue weighted by Crippen LogP contribution is 2.07. The van der Waals surface area contributed by atoms with Gasteiger partial charge in [0.15, 0.2) is 0 Å². The lowest BCUT2D eigenvalue weighted by molar-refractivity contribution is 0.125. The molecule has 1 fully saturated rings. The van der Waals surface area contributed by atoms with Crippen LogP contribution in [-0.4, -0.2) is 36.9 Å². The van der Waals surface area contributed by atoms with E-state index in [0.717, 1.165) is 12.1 Å². The third-order valence-corrected chi connectivity index (χ3v) is 3.03. The van der Waals surface area contributed by atoms with E-state index in [2.05, 4.69) is 10.6 Å². The molecule has 98 valence electrons. The first-order chi connectivity index (χ1) is 8.75. The number of rotatable bonds is 4. The van der Waals surface area contributed by atoms with Gasteiger partial charge in [0.25, 0.3) is 0 Å². The van der Waals surface area contributed by atoms with Gasteiger partial charge in [0.1, 0.15) is 6.61 Å². The Balaban J connectivity index is 1.66. The molecular weight excluding hydrogens is 232 g/mol. The van der Waals surface area contributed by atoms with E-state index in [9.17, 15) is 9.90 Å². The van der Waals surface area contributed by atoms with E-state index in [4.69, 9.17) is 4.74 Å². The zero-order valence-corrected chi connectivity index (χ0v) is 10.1. The van der Waals surface area contributed by atoms with E-state index in [1.807, 2.05) is 30.3 Å². The number of nitrogens with one attached hydrogen (secondary N) is 2. The molecule has 1 amide bonds. The number of aliphatic hydroxyl groups excluding tert-OH is 1. The van der Waals surface area contributed by atoms with Gasteiger partial charge in [-0.05, 0) is 5.56 Å². The SMILES string of the molecule is O=C(NC[C@H]1CNC[C@@H]1O)OCc1ccccc1. The summed E-state index contributed by atoms with van der Waals surface area (Å²) < 4.78 is 5.07. The van der Waals surface area contributed by atoms with Crippen LogP contribution in [0.1, 0.15) is 5.56 Å². The van der Waals surface area contributed by atoms with Crippen molar-refractivity contribution in [2.45, 2.75) is 12.7 Å². The van der Waals surface area contributed by atoms with Gasteiger partial charge in [0.05, 0.1) is 6.10 Å². The van der Waals surface area contributed by atoms with E-state index < -0.39 is 6.09 Å². The number of β-amino-alcohol motifs (C(OH)–C–C–N with tert-alkyl or cyclic N) is 1. The van der Waals surface area contributed by atoms with Crippen LogP contribution in [0.15, 0.2) is 30.3 Å². The topological polar surface area (TPSA) is 70.6 Å². The van der Waals surface area contributed by atoms with Crippen LogP contribution < -0.4 is 10.6 Å². The number of ether oxygens (including phenoxy) is 1. The number of alkyl carbamates (subject to hydrolysis) is 1. The van der Waals surface area contributed by atoms with Crippen molar-refractivity contribution in [1.82, 2.24) is 10.6 Å². The summed E-state index contributed by atoms with van der Waals surface area (Å²) in [6, 6.07) is 9.52. The summed E-state index contributed by atoms with van der Waals surface area (Å²) >= 11 is 0. The lowest BCUT2D eigenvalue weighted by Crippen LogP contribution is -2.34. The molecule has 1 saturated heterocycles. The van der Waals surface area contributed by atoms with Crippen molar-refractivity contribution in [3.63, 3.8) is 0 Å². The van der Waals surface area contributed by atoms with E-state index in [0.29, 0.717) is 13.1 Å². The molecule has 0 spiro atoms. The number of hydrogen-bond acceptors (Lipinski definition) is 4. The molecule has 2 rings (SSSR count). The molecule has 5 heteroatoms. The number of carbonyl (C=O) groups excluding carboxylic acids is 1. The summed E-state index contributed by atoms with van der Waals surface area (Å²) in [5, 5.41) is 15.3. The maximum Gasteiger partial charge on any atom is 0.407 e. The Morgan fingerprint density at radius 3 is 2.83 bits per heavy atom. The molecule has 0 radical (unpaired) electrons. The van der Waals surface area contributed by atoms with E-state index in [1.165, 1.54) is 0 Å². The van der Waals surface area contributed by atoms with Gasteiger partial charge >= 0.3 is 6.09 Å². The minimum atomic E-state index is -0.446. The first-order valence-corrected chi connectivity index (χ1v) is 6.09. The van der Waals surface area contributed by atoms with Gasteiger partial charge in [-0.2, -0.15) is 0 Å². The van der Waals surface area contributed by atoms with Crippen molar-refractivity contribution in [3.05, 3.63) is 35.9 Å². The Morgan fingerprint density at radius 1 is 1.39 bits per heavy atom. The smallest absolute Gasteiger partial charge is 0.407 e. The molecule has 0 aliphatic carbocycles. The fourth-order valence-corrected chi connectivity index (χ4v) is 1.92. The lowest BCUT2D eigenvalue weighted by Gasteiger charge is -2.14.